The summed E-state index contributed by atoms with van der Waals surface area (Å²) in [5.74, 6) is 1.25. The minimum atomic E-state index is -0.0435. The van der Waals surface area contributed by atoms with Gasteiger partial charge in [0, 0.05) is 32.2 Å². The highest BCUT2D eigenvalue weighted by atomic mass is 16.2. The predicted molar refractivity (Wildman–Crippen MR) is 66.1 cm³/mol. The van der Waals surface area contributed by atoms with Gasteiger partial charge in [-0.15, -0.1) is 0 Å². The highest BCUT2D eigenvalue weighted by Crippen LogP contribution is 2.32. The molecule has 0 bridgehead atoms. The number of amides is 1. The van der Waals surface area contributed by atoms with E-state index in [1.807, 2.05) is 4.90 Å². The molecular formula is C12H19N5O. The molecule has 0 aliphatic carbocycles. The van der Waals surface area contributed by atoms with E-state index in [1.165, 1.54) is 17.3 Å². The van der Waals surface area contributed by atoms with Crippen LogP contribution in [0.4, 0.5) is 4.79 Å². The Morgan fingerprint density at radius 3 is 2.39 bits per heavy atom. The number of aromatic nitrogens is 3. The van der Waals surface area contributed by atoms with Gasteiger partial charge in [0.25, 0.3) is 0 Å². The molecule has 98 valence electrons. The van der Waals surface area contributed by atoms with E-state index < -0.39 is 0 Å². The van der Waals surface area contributed by atoms with Gasteiger partial charge in [0.1, 0.15) is 12.7 Å². The Labute approximate surface area is 107 Å². The molecule has 6 nitrogen and oxygen atoms in total. The van der Waals surface area contributed by atoms with Crippen molar-refractivity contribution in [3.8, 4) is 0 Å². The average molecular weight is 249 g/mol. The van der Waals surface area contributed by atoms with Crippen molar-refractivity contribution in [2.24, 2.45) is 11.8 Å². The zero-order chi connectivity index (χ0) is 12.7. The van der Waals surface area contributed by atoms with Crippen LogP contribution in [0.25, 0.3) is 0 Å². The van der Waals surface area contributed by atoms with Crippen molar-refractivity contribution in [1.82, 2.24) is 24.6 Å². The minimum Gasteiger partial charge on any atom is -0.322 e. The molecule has 0 saturated carbocycles. The second-order valence-electron chi connectivity index (χ2n) is 5.60. The summed E-state index contributed by atoms with van der Waals surface area (Å²) in [6, 6.07) is 0.563. The van der Waals surface area contributed by atoms with Gasteiger partial charge in [-0.2, -0.15) is 9.78 Å². The number of rotatable bonds is 1. The van der Waals surface area contributed by atoms with Gasteiger partial charge in [0.2, 0.25) is 0 Å². The molecule has 6 heteroatoms. The summed E-state index contributed by atoms with van der Waals surface area (Å²) in [6.07, 6.45) is 2.87. The van der Waals surface area contributed by atoms with Crippen LogP contribution in [-0.2, 0) is 0 Å². The smallest absolute Gasteiger partial charge is 0.322 e. The fourth-order valence-electron chi connectivity index (χ4n) is 3.06. The van der Waals surface area contributed by atoms with Gasteiger partial charge < -0.3 is 9.80 Å². The monoisotopic (exact) mass is 249 g/mol. The highest BCUT2D eigenvalue weighted by molar-refractivity contribution is 5.75. The third-order valence-corrected chi connectivity index (χ3v) is 4.13. The Morgan fingerprint density at radius 1 is 1.22 bits per heavy atom. The van der Waals surface area contributed by atoms with Gasteiger partial charge in [-0.05, 0) is 25.7 Å². The number of hydrogen-bond donors (Lipinski definition) is 0. The number of nitrogens with zero attached hydrogens (tertiary/aromatic N) is 5. The van der Waals surface area contributed by atoms with Crippen molar-refractivity contribution in [2.45, 2.75) is 19.9 Å². The maximum atomic E-state index is 12.1. The first kappa shape index (κ1) is 11.6. The Morgan fingerprint density at radius 2 is 1.89 bits per heavy atom. The van der Waals surface area contributed by atoms with Crippen LogP contribution in [0.1, 0.15) is 13.8 Å². The van der Waals surface area contributed by atoms with Gasteiger partial charge in [0.05, 0.1) is 0 Å². The molecule has 0 radical (unpaired) electrons. The van der Waals surface area contributed by atoms with Crippen molar-refractivity contribution in [3.05, 3.63) is 12.7 Å². The van der Waals surface area contributed by atoms with Crippen molar-refractivity contribution in [3.63, 3.8) is 0 Å². The van der Waals surface area contributed by atoms with Crippen LogP contribution in [0.2, 0.25) is 0 Å². The van der Waals surface area contributed by atoms with E-state index in [-0.39, 0.29) is 6.03 Å². The number of carbonyl (C=O) groups excluding carboxylic acids is 1. The third-order valence-electron chi connectivity index (χ3n) is 4.13. The van der Waals surface area contributed by atoms with Gasteiger partial charge in [0.15, 0.2) is 0 Å². The van der Waals surface area contributed by atoms with Gasteiger partial charge in [-0.3, -0.25) is 0 Å². The summed E-state index contributed by atoms with van der Waals surface area (Å²) < 4.78 is 1.32. The highest BCUT2D eigenvalue weighted by Gasteiger charge is 2.42. The van der Waals surface area contributed by atoms with E-state index in [4.69, 9.17) is 0 Å². The first-order valence-electron chi connectivity index (χ1n) is 6.53. The van der Waals surface area contributed by atoms with Crippen molar-refractivity contribution in [2.75, 3.05) is 26.2 Å². The summed E-state index contributed by atoms with van der Waals surface area (Å²) in [6.45, 7) is 8.41. The molecule has 3 rings (SSSR count). The third kappa shape index (κ3) is 1.90. The molecule has 0 spiro atoms. The van der Waals surface area contributed by atoms with Crippen molar-refractivity contribution in [1.29, 1.82) is 0 Å². The quantitative estimate of drug-likeness (QED) is 0.728. The van der Waals surface area contributed by atoms with E-state index in [2.05, 4.69) is 28.8 Å². The Hall–Kier alpha value is -1.43. The Bertz CT molecular complexity index is 416. The molecule has 1 aromatic rings. The van der Waals surface area contributed by atoms with Crippen molar-refractivity contribution >= 4 is 6.03 Å². The lowest BCUT2D eigenvalue weighted by Gasteiger charge is -2.23. The summed E-state index contributed by atoms with van der Waals surface area (Å²) in [7, 11) is 0. The summed E-state index contributed by atoms with van der Waals surface area (Å²) in [5.41, 5.74) is 0. The summed E-state index contributed by atoms with van der Waals surface area (Å²) in [5, 5.41) is 3.90. The molecule has 1 amide bonds. The fourth-order valence-corrected chi connectivity index (χ4v) is 3.06. The van der Waals surface area contributed by atoms with E-state index in [0.717, 1.165) is 26.2 Å². The average Bonchev–Trinajstić information content (AvgIpc) is 3.03. The lowest BCUT2D eigenvalue weighted by atomic mass is 10.0. The van der Waals surface area contributed by atoms with Crippen LogP contribution in [0.15, 0.2) is 12.7 Å². The van der Waals surface area contributed by atoms with Gasteiger partial charge in [-0.1, -0.05) is 0 Å². The largest absolute Gasteiger partial charge is 0.346 e. The van der Waals surface area contributed by atoms with Gasteiger partial charge in [-0.25, -0.2) is 9.78 Å². The molecule has 2 atom stereocenters. The van der Waals surface area contributed by atoms with Crippen LogP contribution >= 0.6 is 0 Å². The summed E-state index contributed by atoms with van der Waals surface area (Å²) in [4.78, 5) is 20.4. The lowest BCUT2D eigenvalue weighted by Crippen LogP contribution is -2.37. The molecule has 1 aromatic heterocycles. The topological polar surface area (TPSA) is 54.3 Å². The molecule has 2 aliphatic heterocycles. The first-order valence-corrected chi connectivity index (χ1v) is 6.53. The predicted octanol–water partition coefficient (Wildman–Crippen LogP) is 0.518. The zero-order valence-corrected chi connectivity index (χ0v) is 10.9. The molecular weight excluding hydrogens is 230 g/mol. The van der Waals surface area contributed by atoms with Crippen LogP contribution in [0, 0.1) is 11.8 Å². The second-order valence-corrected chi connectivity index (χ2v) is 5.60. The zero-order valence-electron chi connectivity index (χ0n) is 10.9. The standard InChI is InChI=1S/C12H19N5O/c1-9(2)15-3-10-5-16(6-11(10)4-15)12(18)17-8-13-7-14-17/h7-11H,3-6H2,1-2H3. The first-order chi connectivity index (χ1) is 8.65. The maximum Gasteiger partial charge on any atom is 0.346 e. The Balaban J connectivity index is 1.63. The summed E-state index contributed by atoms with van der Waals surface area (Å²) >= 11 is 0. The fraction of sp³-hybridized carbons (Fsp3) is 0.750. The lowest BCUT2D eigenvalue weighted by molar-refractivity contribution is 0.193. The van der Waals surface area contributed by atoms with E-state index in [0.29, 0.717) is 17.9 Å². The Kier molecular flexibility index (Phi) is 2.81. The number of carbonyl (C=O) groups is 1. The molecule has 3 heterocycles. The van der Waals surface area contributed by atoms with Crippen molar-refractivity contribution < 1.29 is 4.79 Å². The molecule has 18 heavy (non-hydrogen) atoms. The minimum absolute atomic E-state index is 0.0435. The molecule has 2 fully saturated rings. The number of hydrogen-bond acceptors (Lipinski definition) is 4. The van der Waals surface area contributed by atoms with E-state index in [9.17, 15) is 4.79 Å². The molecule has 2 saturated heterocycles. The molecule has 0 N–H and O–H groups in total. The molecule has 2 aliphatic rings. The van der Waals surface area contributed by atoms with Crippen LogP contribution < -0.4 is 0 Å². The van der Waals surface area contributed by atoms with Crippen LogP contribution in [0.3, 0.4) is 0 Å². The second kappa shape index (κ2) is 4.35. The molecule has 2 unspecified atom stereocenters. The van der Waals surface area contributed by atoms with E-state index in [1.54, 1.807) is 0 Å². The van der Waals surface area contributed by atoms with Crippen LogP contribution in [0.5, 0.6) is 0 Å². The van der Waals surface area contributed by atoms with Gasteiger partial charge >= 0.3 is 6.03 Å². The molecule has 0 aromatic carbocycles. The maximum absolute atomic E-state index is 12.1. The number of likely N-dealkylation sites (tertiary alicyclic amines) is 2. The SMILES string of the molecule is CC(C)N1CC2CN(C(=O)n3cncn3)CC2C1. The number of fused-ring (bicyclic) bond motifs is 1. The van der Waals surface area contributed by atoms with Crippen LogP contribution in [-0.4, -0.2) is 62.8 Å². The normalized spacial score (nSPS) is 28.1. The van der Waals surface area contributed by atoms with E-state index >= 15 is 0 Å².